The standard InChI is InChI=1S/C14H15BrN6/c1-17-13-12(15)14(20-10-19-13)21(7-3-5-16)9-11-4-2-6-18-8-11/h2,4,6,8,10H,3,7,9H2,1H3,(H,17,19,20). The lowest BCUT2D eigenvalue weighted by Gasteiger charge is -2.24. The Labute approximate surface area is 132 Å². The molecule has 0 atom stereocenters. The second-order valence-corrected chi connectivity index (χ2v) is 5.09. The molecule has 0 bridgehead atoms. The van der Waals surface area contributed by atoms with E-state index in [1.807, 2.05) is 23.2 Å². The van der Waals surface area contributed by atoms with Gasteiger partial charge in [-0.1, -0.05) is 6.07 Å². The van der Waals surface area contributed by atoms with Gasteiger partial charge >= 0.3 is 0 Å². The minimum Gasteiger partial charge on any atom is -0.372 e. The summed E-state index contributed by atoms with van der Waals surface area (Å²) in [5.41, 5.74) is 1.06. The maximum atomic E-state index is 8.85. The molecule has 0 aliphatic rings. The van der Waals surface area contributed by atoms with Crippen molar-refractivity contribution >= 4 is 27.6 Å². The molecule has 0 spiro atoms. The number of hydrogen-bond donors (Lipinski definition) is 1. The first-order chi connectivity index (χ1) is 10.3. The summed E-state index contributed by atoms with van der Waals surface area (Å²) in [5, 5.41) is 11.9. The highest BCUT2D eigenvalue weighted by molar-refractivity contribution is 9.10. The predicted molar refractivity (Wildman–Crippen MR) is 84.8 cm³/mol. The SMILES string of the molecule is CNc1ncnc(N(CCC#N)Cc2cccnc2)c1Br. The molecule has 6 nitrogen and oxygen atoms in total. The summed E-state index contributed by atoms with van der Waals surface area (Å²) < 4.78 is 0.786. The second kappa shape index (κ2) is 7.55. The van der Waals surface area contributed by atoms with Crippen LogP contribution >= 0.6 is 15.9 Å². The fourth-order valence-electron chi connectivity index (χ4n) is 1.91. The Morgan fingerprint density at radius 3 is 2.95 bits per heavy atom. The summed E-state index contributed by atoms with van der Waals surface area (Å²) in [4.78, 5) is 14.6. The Morgan fingerprint density at radius 2 is 2.29 bits per heavy atom. The van der Waals surface area contributed by atoms with Gasteiger partial charge < -0.3 is 10.2 Å². The van der Waals surface area contributed by atoms with E-state index >= 15 is 0 Å². The van der Waals surface area contributed by atoms with Crippen LogP contribution in [0.4, 0.5) is 11.6 Å². The molecule has 2 heterocycles. The Morgan fingerprint density at radius 1 is 1.43 bits per heavy atom. The molecular formula is C14H15BrN6. The molecule has 7 heteroatoms. The molecule has 0 amide bonds. The minimum atomic E-state index is 0.422. The van der Waals surface area contributed by atoms with Gasteiger partial charge in [0.15, 0.2) is 0 Å². The molecule has 0 saturated heterocycles. The van der Waals surface area contributed by atoms with Crippen LogP contribution < -0.4 is 10.2 Å². The molecule has 2 rings (SSSR count). The average Bonchev–Trinajstić information content (AvgIpc) is 2.53. The van der Waals surface area contributed by atoms with E-state index in [2.05, 4.69) is 42.3 Å². The third-order valence-corrected chi connectivity index (χ3v) is 3.63. The number of rotatable bonds is 6. The zero-order chi connectivity index (χ0) is 15.1. The number of aromatic nitrogens is 3. The zero-order valence-electron chi connectivity index (χ0n) is 11.6. The van der Waals surface area contributed by atoms with Crippen LogP contribution in [0.3, 0.4) is 0 Å². The van der Waals surface area contributed by atoms with E-state index in [1.165, 1.54) is 6.33 Å². The van der Waals surface area contributed by atoms with Gasteiger partial charge in [0.05, 0.1) is 12.5 Å². The molecule has 0 saturated carbocycles. The summed E-state index contributed by atoms with van der Waals surface area (Å²) in [7, 11) is 1.80. The third kappa shape index (κ3) is 3.89. The van der Waals surface area contributed by atoms with Crippen LogP contribution in [-0.4, -0.2) is 28.5 Å². The fourth-order valence-corrected chi connectivity index (χ4v) is 2.57. The summed E-state index contributed by atoms with van der Waals surface area (Å²) >= 11 is 3.52. The zero-order valence-corrected chi connectivity index (χ0v) is 13.2. The van der Waals surface area contributed by atoms with Gasteiger partial charge in [-0.3, -0.25) is 4.98 Å². The van der Waals surface area contributed by atoms with Crippen molar-refractivity contribution in [2.75, 3.05) is 23.8 Å². The van der Waals surface area contributed by atoms with Gasteiger partial charge in [0.1, 0.15) is 22.4 Å². The van der Waals surface area contributed by atoms with Crippen molar-refractivity contribution in [1.82, 2.24) is 15.0 Å². The van der Waals surface area contributed by atoms with Gasteiger partial charge in [-0.15, -0.1) is 0 Å². The van der Waals surface area contributed by atoms with E-state index in [4.69, 9.17) is 5.26 Å². The van der Waals surface area contributed by atoms with E-state index in [9.17, 15) is 0 Å². The van der Waals surface area contributed by atoms with E-state index in [0.29, 0.717) is 25.3 Å². The highest BCUT2D eigenvalue weighted by Crippen LogP contribution is 2.30. The third-order valence-electron chi connectivity index (χ3n) is 2.90. The second-order valence-electron chi connectivity index (χ2n) is 4.30. The van der Waals surface area contributed by atoms with Gasteiger partial charge in [-0.25, -0.2) is 9.97 Å². The summed E-state index contributed by atoms with van der Waals surface area (Å²) in [5.74, 6) is 1.47. The Balaban J connectivity index is 2.30. The number of anilines is 2. The highest BCUT2D eigenvalue weighted by Gasteiger charge is 2.15. The molecule has 0 aliphatic heterocycles. The van der Waals surface area contributed by atoms with E-state index in [-0.39, 0.29) is 0 Å². The molecule has 0 radical (unpaired) electrons. The highest BCUT2D eigenvalue weighted by atomic mass is 79.9. The van der Waals surface area contributed by atoms with Gasteiger partial charge in [-0.2, -0.15) is 5.26 Å². The van der Waals surface area contributed by atoms with E-state index in [1.54, 1.807) is 13.2 Å². The predicted octanol–water partition coefficient (Wildman–Crippen LogP) is 2.60. The van der Waals surface area contributed by atoms with Crippen LogP contribution in [0.1, 0.15) is 12.0 Å². The van der Waals surface area contributed by atoms with Crippen molar-refractivity contribution in [3.8, 4) is 6.07 Å². The average molecular weight is 347 g/mol. The topological polar surface area (TPSA) is 77.7 Å². The first kappa shape index (κ1) is 15.2. The number of nitrogens with one attached hydrogen (secondary N) is 1. The fraction of sp³-hybridized carbons (Fsp3) is 0.286. The maximum absolute atomic E-state index is 8.85. The monoisotopic (exact) mass is 346 g/mol. The molecule has 1 N–H and O–H groups in total. The van der Waals surface area contributed by atoms with Gasteiger partial charge in [0.2, 0.25) is 0 Å². The molecular weight excluding hydrogens is 332 g/mol. The van der Waals surface area contributed by atoms with Crippen molar-refractivity contribution in [1.29, 1.82) is 5.26 Å². The number of nitriles is 1. The van der Waals surface area contributed by atoms with Crippen molar-refractivity contribution in [3.63, 3.8) is 0 Å². The summed E-state index contributed by atoms with van der Waals surface area (Å²) in [6, 6.07) is 6.07. The smallest absolute Gasteiger partial charge is 0.148 e. The lowest BCUT2D eigenvalue weighted by molar-refractivity contribution is 0.775. The maximum Gasteiger partial charge on any atom is 0.148 e. The molecule has 0 aromatic carbocycles. The van der Waals surface area contributed by atoms with Gasteiger partial charge in [-0.05, 0) is 27.6 Å². The Kier molecular flexibility index (Phi) is 5.46. The van der Waals surface area contributed by atoms with Crippen LogP contribution in [-0.2, 0) is 6.54 Å². The van der Waals surface area contributed by atoms with Crippen LogP contribution in [0, 0.1) is 11.3 Å². The van der Waals surface area contributed by atoms with Crippen LogP contribution in [0.15, 0.2) is 35.3 Å². The van der Waals surface area contributed by atoms with Gasteiger partial charge in [0, 0.05) is 32.5 Å². The summed E-state index contributed by atoms with van der Waals surface area (Å²) in [6.45, 7) is 1.22. The normalized spacial score (nSPS) is 9.95. The molecule has 0 aliphatic carbocycles. The Hall–Kier alpha value is -2.20. The molecule has 0 unspecified atom stereocenters. The Bertz CT molecular complexity index is 625. The van der Waals surface area contributed by atoms with Gasteiger partial charge in [0.25, 0.3) is 0 Å². The lowest BCUT2D eigenvalue weighted by atomic mass is 10.2. The molecule has 2 aromatic rings. The molecule has 21 heavy (non-hydrogen) atoms. The number of nitrogens with zero attached hydrogens (tertiary/aromatic N) is 5. The van der Waals surface area contributed by atoms with E-state index in [0.717, 1.165) is 15.9 Å². The first-order valence-electron chi connectivity index (χ1n) is 6.45. The number of halogens is 1. The van der Waals surface area contributed by atoms with E-state index < -0.39 is 0 Å². The molecule has 108 valence electrons. The number of pyridine rings is 1. The van der Waals surface area contributed by atoms with Crippen molar-refractivity contribution < 1.29 is 0 Å². The largest absolute Gasteiger partial charge is 0.372 e. The quantitative estimate of drug-likeness (QED) is 0.866. The lowest BCUT2D eigenvalue weighted by Crippen LogP contribution is -2.25. The van der Waals surface area contributed by atoms with Crippen LogP contribution in [0.25, 0.3) is 0 Å². The van der Waals surface area contributed by atoms with Crippen LogP contribution in [0.2, 0.25) is 0 Å². The van der Waals surface area contributed by atoms with Crippen LogP contribution in [0.5, 0.6) is 0 Å². The molecule has 2 aromatic heterocycles. The number of hydrogen-bond acceptors (Lipinski definition) is 6. The minimum absolute atomic E-state index is 0.422. The summed E-state index contributed by atoms with van der Waals surface area (Å²) in [6.07, 6.45) is 5.48. The molecule has 0 fully saturated rings. The van der Waals surface area contributed by atoms with Crippen molar-refractivity contribution in [3.05, 3.63) is 40.9 Å². The van der Waals surface area contributed by atoms with Crippen molar-refractivity contribution in [2.24, 2.45) is 0 Å². The first-order valence-corrected chi connectivity index (χ1v) is 7.24. The van der Waals surface area contributed by atoms with Crippen molar-refractivity contribution in [2.45, 2.75) is 13.0 Å².